The maximum absolute atomic E-state index is 12.4. The van der Waals surface area contributed by atoms with Crippen LogP contribution in [0.15, 0.2) is 6.07 Å². The van der Waals surface area contributed by atoms with Crippen LogP contribution in [-0.4, -0.2) is 49.7 Å². The van der Waals surface area contributed by atoms with Crippen molar-refractivity contribution < 1.29 is 19.1 Å². The molecule has 0 saturated carbocycles. The number of aryl methyl sites for hydroxylation is 2. The van der Waals surface area contributed by atoms with Gasteiger partial charge in [0.25, 0.3) is 5.91 Å². The predicted octanol–water partition coefficient (Wildman–Crippen LogP) is 1.77. The van der Waals surface area contributed by atoms with Gasteiger partial charge in [0.05, 0.1) is 31.1 Å². The topological polar surface area (TPSA) is 55.8 Å². The second-order valence-electron chi connectivity index (χ2n) is 4.87. The van der Waals surface area contributed by atoms with Crippen molar-refractivity contribution >= 4 is 23.2 Å². The van der Waals surface area contributed by atoms with Crippen LogP contribution >= 0.6 is 11.3 Å². The van der Waals surface area contributed by atoms with Crippen LogP contribution in [0.1, 0.15) is 26.5 Å². The molecule has 1 saturated heterocycles. The molecule has 2 rings (SSSR count). The van der Waals surface area contributed by atoms with Crippen molar-refractivity contribution in [2.75, 3.05) is 26.8 Å². The second kappa shape index (κ2) is 6.37. The quantitative estimate of drug-likeness (QED) is 0.798. The average Bonchev–Trinajstić information content (AvgIpc) is 2.78. The zero-order valence-electron chi connectivity index (χ0n) is 12.0. The fourth-order valence-corrected chi connectivity index (χ4v) is 3.13. The first-order valence-electron chi connectivity index (χ1n) is 6.56. The lowest BCUT2D eigenvalue weighted by Gasteiger charge is -2.32. The summed E-state index contributed by atoms with van der Waals surface area (Å²) in [4.78, 5) is 27.4. The molecule has 1 amide bonds. The third-order valence-corrected chi connectivity index (χ3v) is 4.57. The van der Waals surface area contributed by atoms with E-state index in [4.69, 9.17) is 4.74 Å². The first-order chi connectivity index (χ1) is 9.51. The minimum atomic E-state index is -0.313. The van der Waals surface area contributed by atoms with Crippen molar-refractivity contribution in [3.05, 3.63) is 21.4 Å². The number of carbonyl (C=O) groups excluding carboxylic acids is 2. The van der Waals surface area contributed by atoms with E-state index in [1.54, 1.807) is 4.90 Å². The number of morpholine rings is 1. The van der Waals surface area contributed by atoms with E-state index in [2.05, 4.69) is 4.74 Å². The van der Waals surface area contributed by atoms with Crippen LogP contribution < -0.4 is 0 Å². The van der Waals surface area contributed by atoms with E-state index in [0.29, 0.717) is 19.7 Å². The molecule has 0 spiro atoms. The highest BCUT2D eigenvalue weighted by atomic mass is 32.1. The second-order valence-corrected chi connectivity index (χ2v) is 6.13. The van der Waals surface area contributed by atoms with Crippen molar-refractivity contribution in [1.29, 1.82) is 0 Å². The van der Waals surface area contributed by atoms with Gasteiger partial charge < -0.3 is 14.4 Å². The Morgan fingerprint density at radius 2 is 2.25 bits per heavy atom. The molecule has 1 unspecified atom stereocenters. The number of thiophene rings is 1. The highest BCUT2D eigenvalue weighted by Gasteiger charge is 2.27. The molecule has 1 fully saturated rings. The lowest BCUT2D eigenvalue weighted by atomic mass is 10.2. The standard InChI is InChI=1S/C14H19NO4S/c1-9-6-12(20-10(9)2)14(17)15-4-5-19-11(8-15)7-13(16)18-3/h6,11H,4-5,7-8H2,1-3H3. The number of amides is 1. The molecule has 20 heavy (non-hydrogen) atoms. The van der Waals surface area contributed by atoms with Gasteiger partial charge in [-0.2, -0.15) is 0 Å². The summed E-state index contributed by atoms with van der Waals surface area (Å²) in [6, 6.07) is 1.92. The Labute approximate surface area is 122 Å². The number of nitrogens with zero attached hydrogens (tertiary/aromatic N) is 1. The highest BCUT2D eigenvalue weighted by molar-refractivity contribution is 7.14. The number of rotatable bonds is 3. The minimum Gasteiger partial charge on any atom is -0.469 e. The maximum atomic E-state index is 12.4. The monoisotopic (exact) mass is 297 g/mol. The van der Waals surface area contributed by atoms with Crippen LogP contribution in [-0.2, 0) is 14.3 Å². The number of ether oxygens (including phenoxy) is 2. The van der Waals surface area contributed by atoms with E-state index >= 15 is 0 Å². The van der Waals surface area contributed by atoms with Gasteiger partial charge in [-0.25, -0.2) is 0 Å². The molecule has 110 valence electrons. The summed E-state index contributed by atoms with van der Waals surface area (Å²) in [6.07, 6.45) is -0.0923. The van der Waals surface area contributed by atoms with Crippen LogP contribution in [0.5, 0.6) is 0 Å². The van der Waals surface area contributed by atoms with Gasteiger partial charge in [0, 0.05) is 18.0 Å². The normalized spacial score (nSPS) is 18.9. The Hall–Kier alpha value is -1.40. The summed E-state index contributed by atoms with van der Waals surface area (Å²) >= 11 is 1.51. The van der Waals surface area contributed by atoms with E-state index in [1.807, 2.05) is 19.9 Å². The SMILES string of the molecule is COC(=O)CC1CN(C(=O)c2cc(C)c(C)s2)CCO1. The number of hydrogen-bond donors (Lipinski definition) is 0. The van der Waals surface area contributed by atoms with Crippen LogP contribution in [0.4, 0.5) is 0 Å². The first-order valence-corrected chi connectivity index (χ1v) is 7.37. The van der Waals surface area contributed by atoms with Gasteiger partial charge >= 0.3 is 5.97 Å². The molecule has 6 heteroatoms. The molecule has 1 aliphatic heterocycles. The van der Waals surface area contributed by atoms with E-state index < -0.39 is 0 Å². The molecule has 1 aliphatic rings. The van der Waals surface area contributed by atoms with Crippen LogP contribution in [0.25, 0.3) is 0 Å². The molecule has 0 bridgehead atoms. The molecule has 1 aromatic rings. The fourth-order valence-electron chi connectivity index (χ4n) is 2.13. The van der Waals surface area contributed by atoms with E-state index in [0.717, 1.165) is 15.3 Å². The van der Waals surface area contributed by atoms with E-state index in [-0.39, 0.29) is 24.4 Å². The van der Waals surface area contributed by atoms with Crippen molar-refractivity contribution in [2.45, 2.75) is 26.4 Å². The molecular formula is C14H19NO4S. The number of esters is 1. The molecule has 1 aromatic heterocycles. The van der Waals surface area contributed by atoms with Gasteiger partial charge in [-0.3, -0.25) is 9.59 Å². The van der Waals surface area contributed by atoms with Crippen molar-refractivity contribution in [3.63, 3.8) is 0 Å². The Bertz CT molecular complexity index is 492. The molecule has 0 radical (unpaired) electrons. The lowest BCUT2D eigenvalue weighted by Crippen LogP contribution is -2.46. The zero-order valence-corrected chi connectivity index (χ0v) is 12.8. The van der Waals surface area contributed by atoms with Gasteiger partial charge in [-0.05, 0) is 25.5 Å². The Morgan fingerprint density at radius 3 is 2.85 bits per heavy atom. The number of methoxy groups -OCH3 is 1. The number of carbonyl (C=O) groups is 2. The van der Waals surface area contributed by atoms with Crippen molar-refractivity contribution in [2.24, 2.45) is 0 Å². The van der Waals surface area contributed by atoms with Crippen molar-refractivity contribution in [3.8, 4) is 0 Å². The molecule has 1 atom stereocenters. The van der Waals surface area contributed by atoms with Gasteiger partial charge in [-0.1, -0.05) is 0 Å². The molecule has 0 aromatic carbocycles. The third-order valence-electron chi connectivity index (χ3n) is 3.42. The Balaban J connectivity index is 2.01. The minimum absolute atomic E-state index is 0.0179. The molecule has 2 heterocycles. The summed E-state index contributed by atoms with van der Waals surface area (Å²) in [5.74, 6) is -0.295. The lowest BCUT2D eigenvalue weighted by molar-refractivity contribution is -0.145. The smallest absolute Gasteiger partial charge is 0.308 e. The van der Waals surface area contributed by atoms with E-state index in [1.165, 1.54) is 18.4 Å². The predicted molar refractivity (Wildman–Crippen MR) is 76.1 cm³/mol. The summed E-state index contributed by atoms with van der Waals surface area (Å²) in [7, 11) is 1.35. The molecule has 5 nitrogen and oxygen atoms in total. The number of hydrogen-bond acceptors (Lipinski definition) is 5. The summed E-state index contributed by atoms with van der Waals surface area (Å²) in [5.41, 5.74) is 1.14. The molecular weight excluding hydrogens is 278 g/mol. The maximum Gasteiger partial charge on any atom is 0.308 e. The first kappa shape index (κ1) is 15.0. The fraction of sp³-hybridized carbons (Fsp3) is 0.571. The van der Waals surface area contributed by atoms with Crippen LogP contribution in [0.2, 0.25) is 0 Å². The third kappa shape index (κ3) is 3.37. The summed E-state index contributed by atoms with van der Waals surface area (Å²) in [6.45, 7) is 5.46. The largest absolute Gasteiger partial charge is 0.469 e. The highest BCUT2D eigenvalue weighted by Crippen LogP contribution is 2.23. The van der Waals surface area contributed by atoms with E-state index in [9.17, 15) is 9.59 Å². The molecule has 0 N–H and O–H groups in total. The summed E-state index contributed by atoms with van der Waals surface area (Å²) in [5, 5.41) is 0. The Morgan fingerprint density at radius 1 is 1.50 bits per heavy atom. The van der Waals surface area contributed by atoms with Crippen molar-refractivity contribution in [1.82, 2.24) is 4.90 Å². The summed E-state index contributed by atoms with van der Waals surface area (Å²) < 4.78 is 10.1. The van der Waals surface area contributed by atoms with Gasteiger partial charge in [0.15, 0.2) is 0 Å². The molecule has 0 aliphatic carbocycles. The average molecular weight is 297 g/mol. The van der Waals surface area contributed by atoms with Gasteiger partial charge in [-0.15, -0.1) is 11.3 Å². The zero-order chi connectivity index (χ0) is 14.7. The Kier molecular flexibility index (Phi) is 4.77. The van der Waals surface area contributed by atoms with Gasteiger partial charge in [0.1, 0.15) is 0 Å². The van der Waals surface area contributed by atoms with Gasteiger partial charge in [0.2, 0.25) is 0 Å². The van der Waals surface area contributed by atoms with Crippen LogP contribution in [0, 0.1) is 13.8 Å². The van der Waals surface area contributed by atoms with Crippen LogP contribution in [0.3, 0.4) is 0 Å².